The van der Waals surface area contributed by atoms with Gasteiger partial charge in [-0.25, -0.2) is 18.4 Å². The molecular formula is C22H23F2N7O2S. The molecule has 3 heterocycles. The number of imidazole rings is 1. The number of carbonyl (C=O) groups is 2. The van der Waals surface area contributed by atoms with Crippen LogP contribution in [-0.2, 0) is 11.8 Å². The van der Waals surface area contributed by atoms with Crippen molar-refractivity contribution in [3.63, 3.8) is 0 Å². The zero-order valence-corrected chi connectivity index (χ0v) is 19.5. The molecule has 0 bridgehead atoms. The predicted octanol–water partition coefficient (Wildman–Crippen LogP) is 1.66. The number of hydrogen-bond donors (Lipinski definition) is 2. The molecule has 1 aromatic carbocycles. The lowest BCUT2D eigenvalue weighted by Gasteiger charge is -2.16. The van der Waals surface area contributed by atoms with Crippen LogP contribution in [0.4, 0.5) is 14.6 Å². The highest BCUT2D eigenvalue weighted by atomic mass is 32.1. The van der Waals surface area contributed by atoms with Crippen LogP contribution in [0.3, 0.4) is 0 Å². The summed E-state index contributed by atoms with van der Waals surface area (Å²) < 4.78 is 32.0. The van der Waals surface area contributed by atoms with E-state index in [4.69, 9.17) is 5.73 Å². The van der Waals surface area contributed by atoms with Crippen LogP contribution >= 0.6 is 13.5 Å². The van der Waals surface area contributed by atoms with Gasteiger partial charge in [0.05, 0.1) is 23.4 Å². The van der Waals surface area contributed by atoms with Gasteiger partial charge < -0.3 is 20.5 Å². The summed E-state index contributed by atoms with van der Waals surface area (Å²) in [6, 6.07) is 1.10. The largest absolute Gasteiger partial charge is 0.373 e. The number of rotatable bonds is 4. The summed E-state index contributed by atoms with van der Waals surface area (Å²) in [5.41, 5.74) is 5.66. The molecule has 9 nitrogen and oxygen atoms in total. The third-order valence-corrected chi connectivity index (χ3v) is 5.59. The van der Waals surface area contributed by atoms with Gasteiger partial charge in [0.15, 0.2) is 17.3 Å². The van der Waals surface area contributed by atoms with E-state index in [0.29, 0.717) is 25.3 Å². The molecule has 0 saturated carbocycles. The Labute approximate surface area is 201 Å². The van der Waals surface area contributed by atoms with E-state index in [1.807, 2.05) is 0 Å². The van der Waals surface area contributed by atoms with Crippen molar-refractivity contribution in [3.8, 4) is 11.8 Å². The summed E-state index contributed by atoms with van der Waals surface area (Å²) in [6.07, 6.45) is 3.21. The molecule has 3 aromatic rings. The summed E-state index contributed by atoms with van der Waals surface area (Å²) in [6.45, 7) is 4.36. The van der Waals surface area contributed by atoms with E-state index in [2.05, 4.69) is 33.8 Å². The van der Waals surface area contributed by atoms with Crippen molar-refractivity contribution in [3.05, 3.63) is 53.5 Å². The molecule has 1 atom stereocenters. The normalized spacial score (nSPS) is 14.9. The Bertz CT molecular complexity index is 1370. The number of nitrogens with one attached hydrogen (secondary N) is 1. The fraction of sp³-hybridized carbons (Fsp3) is 0.273. The summed E-state index contributed by atoms with van der Waals surface area (Å²) in [4.78, 5) is 29.8. The monoisotopic (exact) mass is 487 g/mol. The van der Waals surface area contributed by atoms with Gasteiger partial charge in [-0.15, -0.1) is 0 Å². The molecule has 1 aliphatic rings. The molecule has 1 fully saturated rings. The van der Waals surface area contributed by atoms with Crippen molar-refractivity contribution in [2.24, 2.45) is 12.8 Å². The third kappa shape index (κ3) is 4.10. The van der Waals surface area contributed by atoms with Gasteiger partial charge in [0.1, 0.15) is 16.9 Å². The molecule has 4 rings (SSSR count). The summed E-state index contributed by atoms with van der Waals surface area (Å²) in [5.74, 6) is 2.37. The lowest BCUT2D eigenvalue weighted by molar-refractivity contribution is -0.125. The Balaban J connectivity index is 0.00000324. The lowest BCUT2D eigenvalue weighted by Crippen LogP contribution is -2.27. The maximum Gasteiger partial charge on any atom is 0.255 e. The molecule has 178 valence electrons. The van der Waals surface area contributed by atoms with Gasteiger partial charge in [0, 0.05) is 27.2 Å². The summed E-state index contributed by atoms with van der Waals surface area (Å²) in [5, 5.41) is 7.33. The quantitative estimate of drug-likeness (QED) is 0.430. The maximum absolute atomic E-state index is 14.6. The Morgan fingerprint density at radius 1 is 1.32 bits per heavy atom. The van der Waals surface area contributed by atoms with E-state index in [1.165, 1.54) is 23.0 Å². The molecule has 12 heteroatoms. The first-order chi connectivity index (χ1) is 15.8. The Kier molecular flexibility index (Phi) is 6.97. The fourth-order valence-corrected chi connectivity index (χ4v) is 3.99. The van der Waals surface area contributed by atoms with Gasteiger partial charge in [-0.1, -0.05) is 12.5 Å². The number of halogens is 2. The number of aromatic nitrogens is 4. The van der Waals surface area contributed by atoms with Gasteiger partial charge in [-0.2, -0.15) is 18.6 Å². The molecule has 0 radical (unpaired) electrons. The first kappa shape index (κ1) is 24.8. The van der Waals surface area contributed by atoms with Gasteiger partial charge in [0.2, 0.25) is 5.91 Å². The van der Waals surface area contributed by atoms with Crippen molar-refractivity contribution in [2.45, 2.75) is 12.5 Å². The van der Waals surface area contributed by atoms with Crippen LogP contribution in [0, 0.1) is 23.5 Å². The molecule has 2 amide bonds. The average molecular weight is 488 g/mol. The van der Waals surface area contributed by atoms with Crippen LogP contribution in [0.15, 0.2) is 25.0 Å². The molecule has 34 heavy (non-hydrogen) atoms. The molecule has 1 saturated heterocycles. The highest BCUT2D eigenvalue weighted by molar-refractivity contribution is 7.59. The number of anilines is 1. The second kappa shape index (κ2) is 9.56. The zero-order chi connectivity index (χ0) is 23.9. The van der Waals surface area contributed by atoms with Crippen molar-refractivity contribution in [1.82, 2.24) is 24.2 Å². The Morgan fingerprint density at radius 2 is 2.06 bits per heavy atom. The van der Waals surface area contributed by atoms with Crippen molar-refractivity contribution in [2.75, 3.05) is 25.5 Å². The van der Waals surface area contributed by atoms with Crippen LogP contribution in [0.1, 0.15) is 34.1 Å². The topological polar surface area (TPSA) is 111 Å². The molecule has 0 aliphatic carbocycles. The van der Waals surface area contributed by atoms with Crippen LogP contribution in [0.5, 0.6) is 0 Å². The van der Waals surface area contributed by atoms with Gasteiger partial charge in [-0.05, 0) is 24.5 Å². The zero-order valence-electron chi connectivity index (χ0n) is 18.5. The number of benzene rings is 1. The van der Waals surface area contributed by atoms with E-state index in [9.17, 15) is 18.4 Å². The molecule has 1 aliphatic heterocycles. The van der Waals surface area contributed by atoms with E-state index in [1.54, 1.807) is 23.7 Å². The molecular weight excluding hydrogens is 464 g/mol. The molecule has 0 unspecified atom stereocenters. The summed E-state index contributed by atoms with van der Waals surface area (Å²) >= 11 is 0. The predicted molar refractivity (Wildman–Crippen MR) is 128 cm³/mol. The van der Waals surface area contributed by atoms with Gasteiger partial charge in [-0.3, -0.25) is 9.59 Å². The van der Waals surface area contributed by atoms with E-state index < -0.39 is 17.5 Å². The number of nitrogens with zero attached hydrogens (tertiary/aromatic N) is 5. The van der Waals surface area contributed by atoms with Crippen molar-refractivity contribution < 1.29 is 18.4 Å². The maximum atomic E-state index is 14.6. The second-order valence-electron chi connectivity index (χ2n) is 7.59. The average Bonchev–Trinajstić information content (AvgIpc) is 3.51. The number of fused-ring (bicyclic) bond motifs is 1. The highest BCUT2D eigenvalue weighted by Crippen LogP contribution is 2.29. The second-order valence-corrected chi connectivity index (χ2v) is 7.59. The Morgan fingerprint density at radius 3 is 2.71 bits per heavy atom. The first-order valence-corrected chi connectivity index (χ1v) is 10.1. The van der Waals surface area contributed by atoms with Crippen LogP contribution in [-0.4, -0.2) is 56.2 Å². The number of amides is 2. The van der Waals surface area contributed by atoms with E-state index >= 15 is 0 Å². The minimum Gasteiger partial charge on any atom is -0.373 e. The third-order valence-electron chi connectivity index (χ3n) is 5.59. The van der Waals surface area contributed by atoms with Crippen molar-refractivity contribution >= 4 is 42.2 Å². The minimum absolute atomic E-state index is 0. The first-order valence-electron chi connectivity index (χ1n) is 10.1. The summed E-state index contributed by atoms with van der Waals surface area (Å²) in [7, 11) is 3.16. The highest BCUT2D eigenvalue weighted by Gasteiger charge is 2.31. The number of hydrogen-bond acceptors (Lipinski definition) is 5. The molecule has 2 aromatic heterocycles. The van der Waals surface area contributed by atoms with Crippen LogP contribution in [0.2, 0.25) is 0 Å². The minimum atomic E-state index is -1.12. The van der Waals surface area contributed by atoms with Crippen LogP contribution < -0.4 is 11.1 Å². The standard InChI is InChI=1S/C22H21F2N7O2.H2S/c1-4-16(32)30-8-7-13(10-30)31-22(26-2)17(21(25)33)14(28-31)6-5-12-9-15-20(19(24)18(12)23)29(3)11-27-15;/h4,9,11,13,26H,1,7-8,10H2,2-3H3,(H2,25,33);1H2/t13-;/m0./s1. The SMILES string of the molecule is C=CC(=O)N1CC[C@H](n2nc(C#Cc3cc4ncn(C)c4c(F)c3F)c(C(N)=O)c2NC)C1.S. The van der Waals surface area contributed by atoms with Crippen molar-refractivity contribution in [1.29, 1.82) is 0 Å². The molecule has 0 spiro atoms. The van der Waals surface area contributed by atoms with Gasteiger partial charge in [0.25, 0.3) is 5.91 Å². The number of aryl methyl sites for hydroxylation is 1. The number of primary amides is 1. The number of carbonyl (C=O) groups excluding carboxylic acids is 2. The van der Waals surface area contributed by atoms with Crippen LogP contribution in [0.25, 0.3) is 11.0 Å². The number of nitrogens with two attached hydrogens (primary N) is 1. The Hall–Kier alpha value is -3.85. The van der Waals surface area contributed by atoms with E-state index in [0.717, 1.165) is 0 Å². The van der Waals surface area contributed by atoms with E-state index in [-0.39, 0.29) is 53.3 Å². The van der Waals surface area contributed by atoms with Gasteiger partial charge >= 0.3 is 0 Å². The fourth-order valence-electron chi connectivity index (χ4n) is 3.99. The lowest BCUT2D eigenvalue weighted by atomic mass is 10.1. The molecule has 3 N–H and O–H groups in total. The number of likely N-dealkylation sites (tertiary alicyclic amines) is 1. The smallest absolute Gasteiger partial charge is 0.255 e.